The van der Waals surface area contributed by atoms with Gasteiger partial charge in [-0.2, -0.15) is 0 Å². The van der Waals surface area contributed by atoms with Crippen LogP contribution in [-0.2, 0) is 0 Å². The molecular weight excluding hydrogens is 300 g/mol. The minimum absolute atomic E-state index is 0.0589. The average molecular weight is 339 g/mol. The zero-order valence-electron chi connectivity index (χ0n) is 16.4. The molecule has 0 aliphatic heterocycles. The van der Waals surface area contributed by atoms with E-state index < -0.39 is 0 Å². The van der Waals surface area contributed by atoms with Crippen molar-refractivity contribution in [3.8, 4) is 0 Å². The molecule has 0 saturated heterocycles. The van der Waals surface area contributed by atoms with Gasteiger partial charge in [-0.05, 0) is 30.9 Å². The normalized spacial score (nSPS) is 21.2. The molecule has 0 aromatic rings. The van der Waals surface area contributed by atoms with Crippen LogP contribution in [0.15, 0.2) is 73.4 Å². The van der Waals surface area contributed by atoms with Crippen molar-refractivity contribution in [3.63, 3.8) is 0 Å². The number of allylic oxidation sites excluding steroid dienone is 9. The van der Waals surface area contributed by atoms with E-state index in [2.05, 4.69) is 57.0 Å². The quantitative estimate of drug-likeness (QED) is 0.427. The largest absolute Gasteiger partial charge is 0.0991 e. The van der Waals surface area contributed by atoms with Gasteiger partial charge in [-0.25, -0.2) is 0 Å². The first kappa shape index (κ1) is 21.5. The number of hydrogen-bond donors (Lipinski definition) is 0. The first-order valence-corrected chi connectivity index (χ1v) is 10.2. The van der Waals surface area contributed by atoms with Crippen molar-refractivity contribution in [2.45, 2.75) is 77.6 Å². The molecule has 0 N–H and O–H groups in total. The maximum Gasteiger partial charge on any atom is 0.0199 e. The maximum atomic E-state index is 4.14. The zero-order chi connectivity index (χ0) is 18.4. The number of rotatable bonds is 6. The van der Waals surface area contributed by atoms with Crippen LogP contribution >= 0.6 is 0 Å². The van der Waals surface area contributed by atoms with Crippen LogP contribution in [0.1, 0.15) is 77.6 Å². The predicted octanol–water partition coefficient (Wildman–Crippen LogP) is 8.26. The van der Waals surface area contributed by atoms with E-state index in [1.54, 1.807) is 0 Å². The van der Waals surface area contributed by atoms with Crippen molar-refractivity contribution in [2.75, 3.05) is 0 Å². The standard InChI is InChI=1S/C25H38/c1-5-9-20-24(8-4)25(23(7-3)19-6-2)21-17-15-13-11-10-12-14-16-18-22-25/h5-9,19-20H,1-3,10-18,21-22H2,4H3/b20-9-,23-19+,24-8+. The summed E-state index contributed by atoms with van der Waals surface area (Å²) in [5, 5.41) is 0. The van der Waals surface area contributed by atoms with Crippen molar-refractivity contribution in [3.05, 3.63) is 73.4 Å². The van der Waals surface area contributed by atoms with E-state index in [1.165, 1.54) is 81.8 Å². The molecule has 0 heterocycles. The summed E-state index contributed by atoms with van der Waals surface area (Å²) in [4.78, 5) is 0. The summed E-state index contributed by atoms with van der Waals surface area (Å²) < 4.78 is 0. The van der Waals surface area contributed by atoms with Gasteiger partial charge in [0.25, 0.3) is 0 Å². The highest BCUT2D eigenvalue weighted by molar-refractivity contribution is 5.43. The fraction of sp³-hybridized carbons (Fsp3) is 0.520. The third-order valence-corrected chi connectivity index (χ3v) is 5.55. The van der Waals surface area contributed by atoms with Gasteiger partial charge in [-0.3, -0.25) is 0 Å². The van der Waals surface area contributed by atoms with Crippen LogP contribution in [0.2, 0.25) is 0 Å². The van der Waals surface area contributed by atoms with Crippen molar-refractivity contribution in [2.24, 2.45) is 5.41 Å². The van der Waals surface area contributed by atoms with Crippen LogP contribution in [0, 0.1) is 5.41 Å². The van der Waals surface area contributed by atoms with E-state index in [9.17, 15) is 0 Å². The van der Waals surface area contributed by atoms with Gasteiger partial charge < -0.3 is 0 Å². The number of hydrogen-bond acceptors (Lipinski definition) is 0. The lowest BCUT2D eigenvalue weighted by Crippen LogP contribution is -2.25. The molecule has 0 aromatic heterocycles. The van der Waals surface area contributed by atoms with E-state index in [4.69, 9.17) is 0 Å². The first-order chi connectivity index (χ1) is 12.2. The average Bonchev–Trinajstić information content (AvgIpc) is 2.62. The van der Waals surface area contributed by atoms with E-state index in [0.717, 1.165) is 0 Å². The van der Waals surface area contributed by atoms with Gasteiger partial charge in [0.2, 0.25) is 0 Å². The highest BCUT2D eigenvalue weighted by Crippen LogP contribution is 2.47. The van der Waals surface area contributed by atoms with Crippen LogP contribution in [0.3, 0.4) is 0 Å². The third-order valence-electron chi connectivity index (χ3n) is 5.55. The smallest absolute Gasteiger partial charge is 0.0199 e. The summed E-state index contributed by atoms with van der Waals surface area (Å²) in [7, 11) is 0. The molecule has 138 valence electrons. The minimum atomic E-state index is 0.0589. The lowest BCUT2D eigenvalue weighted by Gasteiger charge is -2.38. The second-order valence-electron chi connectivity index (χ2n) is 7.16. The van der Waals surface area contributed by atoms with Gasteiger partial charge in [-0.1, -0.05) is 120 Å². The van der Waals surface area contributed by atoms with Gasteiger partial charge in [0.15, 0.2) is 0 Å². The molecule has 0 nitrogen and oxygen atoms in total. The Morgan fingerprint density at radius 3 is 1.64 bits per heavy atom. The lowest BCUT2D eigenvalue weighted by atomic mass is 9.66. The summed E-state index contributed by atoms with van der Waals surface area (Å²) >= 11 is 0. The van der Waals surface area contributed by atoms with Gasteiger partial charge in [0, 0.05) is 5.41 Å². The Labute approximate surface area is 156 Å². The molecule has 0 unspecified atom stereocenters. The molecule has 25 heavy (non-hydrogen) atoms. The predicted molar refractivity (Wildman–Crippen MR) is 115 cm³/mol. The summed E-state index contributed by atoms with van der Waals surface area (Å²) in [5.74, 6) is 0. The molecule has 1 saturated carbocycles. The molecule has 0 radical (unpaired) electrons. The fourth-order valence-corrected chi connectivity index (χ4v) is 4.21. The molecule has 1 rings (SSSR count). The van der Waals surface area contributed by atoms with Gasteiger partial charge in [0.05, 0.1) is 0 Å². The van der Waals surface area contributed by atoms with Crippen LogP contribution in [0.5, 0.6) is 0 Å². The highest BCUT2D eigenvalue weighted by Gasteiger charge is 2.34. The molecular formula is C25H38. The topological polar surface area (TPSA) is 0 Å². The fourth-order valence-electron chi connectivity index (χ4n) is 4.21. The summed E-state index contributed by atoms with van der Waals surface area (Å²) in [6.07, 6.45) is 29.2. The van der Waals surface area contributed by atoms with Crippen molar-refractivity contribution < 1.29 is 0 Å². The Morgan fingerprint density at radius 2 is 1.24 bits per heavy atom. The van der Waals surface area contributed by atoms with Crippen LogP contribution in [0.25, 0.3) is 0 Å². The van der Waals surface area contributed by atoms with Gasteiger partial charge in [-0.15, -0.1) is 0 Å². The Balaban J connectivity index is 3.27. The second-order valence-corrected chi connectivity index (χ2v) is 7.16. The van der Waals surface area contributed by atoms with Crippen molar-refractivity contribution in [1.29, 1.82) is 0 Å². The summed E-state index contributed by atoms with van der Waals surface area (Å²) in [6, 6.07) is 0. The maximum absolute atomic E-state index is 4.14. The molecule has 0 bridgehead atoms. The van der Waals surface area contributed by atoms with Gasteiger partial charge in [0.1, 0.15) is 0 Å². The Kier molecular flexibility index (Phi) is 11.0. The van der Waals surface area contributed by atoms with E-state index in [1.807, 2.05) is 12.2 Å². The van der Waals surface area contributed by atoms with Crippen LogP contribution in [0.4, 0.5) is 0 Å². The molecule has 0 heteroatoms. The van der Waals surface area contributed by atoms with Gasteiger partial charge >= 0.3 is 0 Å². The van der Waals surface area contributed by atoms with E-state index in [-0.39, 0.29) is 5.41 Å². The zero-order valence-corrected chi connectivity index (χ0v) is 16.4. The molecule has 0 atom stereocenters. The molecule has 0 amide bonds. The van der Waals surface area contributed by atoms with E-state index in [0.29, 0.717) is 0 Å². The summed E-state index contributed by atoms with van der Waals surface area (Å²) in [5.41, 5.74) is 2.78. The monoisotopic (exact) mass is 338 g/mol. The van der Waals surface area contributed by atoms with Crippen molar-refractivity contribution in [1.82, 2.24) is 0 Å². The molecule has 1 fully saturated rings. The van der Waals surface area contributed by atoms with E-state index >= 15 is 0 Å². The molecule has 0 aromatic carbocycles. The van der Waals surface area contributed by atoms with Crippen molar-refractivity contribution >= 4 is 0 Å². The highest BCUT2D eigenvalue weighted by atomic mass is 14.4. The Hall–Kier alpha value is -1.56. The summed E-state index contributed by atoms with van der Waals surface area (Å²) in [6.45, 7) is 14.1. The Morgan fingerprint density at radius 1 is 0.720 bits per heavy atom. The first-order valence-electron chi connectivity index (χ1n) is 10.2. The van der Waals surface area contributed by atoms with Crippen LogP contribution < -0.4 is 0 Å². The SMILES string of the molecule is C=C/C=C\C(=C/C)C1(/C(C=C)=C/C=C)CCCCCCCCCCC1. The third kappa shape index (κ3) is 6.69. The molecule has 1 aliphatic carbocycles. The lowest BCUT2D eigenvalue weighted by molar-refractivity contribution is 0.338. The molecule has 1 aliphatic rings. The Bertz CT molecular complexity index is 486. The minimum Gasteiger partial charge on any atom is -0.0991 e. The second kappa shape index (κ2) is 12.8. The van der Waals surface area contributed by atoms with Crippen LogP contribution in [-0.4, -0.2) is 0 Å². The molecule has 0 spiro atoms.